The molecule has 0 saturated heterocycles. The predicted molar refractivity (Wildman–Crippen MR) is 96.8 cm³/mol. The topological polar surface area (TPSA) is 116 Å². The first-order valence-electron chi connectivity index (χ1n) is 8.29. The van der Waals surface area contributed by atoms with Crippen LogP contribution in [0, 0.1) is 27.7 Å². The van der Waals surface area contributed by atoms with Crippen molar-refractivity contribution in [3.63, 3.8) is 0 Å². The fourth-order valence-electron chi connectivity index (χ4n) is 2.83. The first kappa shape index (κ1) is 16.8. The summed E-state index contributed by atoms with van der Waals surface area (Å²) in [5.74, 6) is 0.806. The molecule has 27 heavy (non-hydrogen) atoms. The van der Waals surface area contributed by atoms with Crippen molar-refractivity contribution < 1.29 is 4.79 Å². The minimum absolute atomic E-state index is 0.0162. The molecule has 0 spiro atoms. The van der Waals surface area contributed by atoms with E-state index in [0.717, 1.165) is 22.8 Å². The van der Waals surface area contributed by atoms with Crippen molar-refractivity contribution in [3.8, 4) is 5.82 Å². The Morgan fingerprint density at radius 1 is 0.926 bits per heavy atom. The van der Waals surface area contributed by atoms with Crippen LogP contribution in [-0.2, 0) is 0 Å². The quantitative estimate of drug-likeness (QED) is 0.587. The zero-order valence-electron chi connectivity index (χ0n) is 15.3. The number of fused-ring (bicyclic) bond motifs is 1. The van der Waals surface area contributed by atoms with Crippen LogP contribution in [0.1, 0.15) is 33.4 Å². The molecule has 4 aromatic rings. The highest BCUT2D eigenvalue weighted by Crippen LogP contribution is 2.13. The summed E-state index contributed by atoms with van der Waals surface area (Å²) in [6, 6.07) is 5.45. The van der Waals surface area contributed by atoms with Crippen LogP contribution in [0.5, 0.6) is 0 Å². The Morgan fingerprint density at radius 2 is 1.70 bits per heavy atom. The number of aryl methyl sites for hydroxylation is 4. The van der Waals surface area contributed by atoms with Gasteiger partial charge in [0.05, 0.1) is 5.69 Å². The lowest BCUT2D eigenvalue weighted by atomic mass is 10.4. The molecule has 0 bridgehead atoms. The van der Waals surface area contributed by atoms with Gasteiger partial charge in [0.1, 0.15) is 12.1 Å². The van der Waals surface area contributed by atoms with Gasteiger partial charge >= 0.3 is 0 Å². The van der Waals surface area contributed by atoms with Gasteiger partial charge in [-0.25, -0.2) is 24.1 Å². The standard InChI is InChI=1S/C17H17N9O/c1-9-5-12(4)26-17(20-9)22-15(24-26)16(27)21-13-7-14(19-8-18-13)25-11(3)6-10(2)23-25/h5-8H,1-4H3,(H,18,19,21,27). The molecule has 0 unspecified atom stereocenters. The molecule has 10 nitrogen and oxygen atoms in total. The molecule has 1 N–H and O–H groups in total. The Kier molecular flexibility index (Phi) is 3.87. The summed E-state index contributed by atoms with van der Waals surface area (Å²) in [6.45, 7) is 7.57. The van der Waals surface area contributed by atoms with Crippen molar-refractivity contribution in [1.29, 1.82) is 0 Å². The van der Waals surface area contributed by atoms with Gasteiger partial charge in [-0.3, -0.25) is 4.79 Å². The Labute approximate surface area is 154 Å². The van der Waals surface area contributed by atoms with Crippen LogP contribution in [0.25, 0.3) is 11.6 Å². The Hall–Kier alpha value is -3.69. The van der Waals surface area contributed by atoms with Gasteiger partial charge in [0, 0.05) is 23.1 Å². The van der Waals surface area contributed by atoms with E-state index in [1.807, 2.05) is 39.8 Å². The lowest BCUT2D eigenvalue weighted by molar-refractivity contribution is 0.101. The molecule has 0 atom stereocenters. The number of carbonyl (C=O) groups excluding carboxylic acids is 1. The van der Waals surface area contributed by atoms with Crippen molar-refractivity contribution >= 4 is 17.5 Å². The van der Waals surface area contributed by atoms with Gasteiger partial charge in [-0.2, -0.15) is 10.1 Å². The second-order valence-electron chi connectivity index (χ2n) is 6.24. The molecule has 1 amide bonds. The van der Waals surface area contributed by atoms with E-state index >= 15 is 0 Å². The first-order valence-corrected chi connectivity index (χ1v) is 8.29. The third kappa shape index (κ3) is 3.12. The molecule has 4 rings (SSSR count). The number of aromatic nitrogens is 8. The molecule has 0 aliphatic heterocycles. The number of nitrogens with one attached hydrogen (secondary N) is 1. The van der Waals surface area contributed by atoms with Crippen LogP contribution in [0.15, 0.2) is 24.5 Å². The predicted octanol–water partition coefficient (Wildman–Crippen LogP) is 1.59. The molecule has 0 aliphatic carbocycles. The van der Waals surface area contributed by atoms with E-state index < -0.39 is 5.91 Å². The minimum Gasteiger partial charge on any atom is -0.304 e. The van der Waals surface area contributed by atoms with E-state index in [0.29, 0.717) is 17.4 Å². The van der Waals surface area contributed by atoms with Gasteiger partial charge in [0.25, 0.3) is 11.7 Å². The highest BCUT2D eigenvalue weighted by Gasteiger charge is 2.16. The van der Waals surface area contributed by atoms with Crippen molar-refractivity contribution in [2.75, 3.05) is 5.32 Å². The van der Waals surface area contributed by atoms with Crippen LogP contribution in [-0.4, -0.2) is 45.2 Å². The third-order valence-corrected chi connectivity index (χ3v) is 3.94. The molecule has 0 saturated carbocycles. The Bertz CT molecular complexity index is 1170. The molecule has 0 aliphatic rings. The van der Waals surface area contributed by atoms with Gasteiger partial charge in [-0.15, -0.1) is 5.10 Å². The van der Waals surface area contributed by atoms with E-state index in [4.69, 9.17) is 0 Å². The number of rotatable bonds is 3. The monoisotopic (exact) mass is 363 g/mol. The first-order chi connectivity index (χ1) is 12.9. The second kappa shape index (κ2) is 6.24. The van der Waals surface area contributed by atoms with Crippen molar-refractivity contribution in [1.82, 2.24) is 39.3 Å². The number of anilines is 1. The summed E-state index contributed by atoms with van der Waals surface area (Å²) in [5.41, 5.74) is 3.47. The normalized spacial score (nSPS) is 11.1. The van der Waals surface area contributed by atoms with Crippen LogP contribution in [0.2, 0.25) is 0 Å². The summed E-state index contributed by atoms with van der Waals surface area (Å²) in [4.78, 5) is 29.3. The van der Waals surface area contributed by atoms with Crippen LogP contribution < -0.4 is 5.32 Å². The van der Waals surface area contributed by atoms with E-state index in [1.54, 1.807) is 10.7 Å². The van der Waals surface area contributed by atoms with E-state index in [1.165, 1.54) is 10.8 Å². The van der Waals surface area contributed by atoms with Gasteiger partial charge in [-0.05, 0) is 39.8 Å². The van der Waals surface area contributed by atoms with Gasteiger partial charge in [0.2, 0.25) is 5.82 Å². The van der Waals surface area contributed by atoms with Crippen LogP contribution in [0.4, 0.5) is 5.82 Å². The fourth-order valence-corrected chi connectivity index (χ4v) is 2.83. The maximum atomic E-state index is 12.5. The summed E-state index contributed by atoms with van der Waals surface area (Å²) < 4.78 is 3.22. The summed E-state index contributed by atoms with van der Waals surface area (Å²) in [6.07, 6.45) is 1.37. The summed E-state index contributed by atoms with van der Waals surface area (Å²) >= 11 is 0. The Morgan fingerprint density at radius 3 is 2.44 bits per heavy atom. The van der Waals surface area contributed by atoms with Crippen molar-refractivity contribution in [3.05, 3.63) is 53.1 Å². The maximum absolute atomic E-state index is 12.5. The maximum Gasteiger partial charge on any atom is 0.296 e. The molecule has 0 fully saturated rings. The summed E-state index contributed by atoms with van der Waals surface area (Å²) in [5, 5.41) is 11.3. The second-order valence-corrected chi connectivity index (χ2v) is 6.24. The average molecular weight is 363 g/mol. The molecular formula is C17H17N9O. The van der Waals surface area contributed by atoms with E-state index in [2.05, 4.69) is 35.5 Å². The van der Waals surface area contributed by atoms with Gasteiger partial charge in [0.15, 0.2) is 5.82 Å². The lowest BCUT2D eigenvalue weighted by Crippen LogP contribution is -2.15. The number of amides is 1. The van der Waals surface area contributed by atoms with E-state index in [-0.39, 0.29) is 5.82 Å². The smallest absolute Gasteiger partial charge is 0.296 e. The van der Waals surface area contributed by atoms with Crippen molar-refractivity contribution in [2.24, 2.45) is 0 Å². The highest BCUT2D eigenvalue weighted by atomic mass is 16.2. The number of hydrogen-bond donors (Lipinski definition) is 1. The zero-order chi connectivity index (χ0) is 19.1. The molecule has 4 heterocycles. The minimum atomic E-state index is -0.476. The number of nitrogens with zero attached hydrogens (tertiary/aromatic N) is 8. The molecule has 4 aromatic heterocycles. The Balaban J connectivity index is 1.63. The number of hydrogen-bond acceptors (Lipinski definition) is 7. The van der Waals surface area contributed by atoms with Crippen LogP contribution >= 0.6 is 0 Å². The largest absolute Gasteiger partial charge is 0.304 e. The zero-order valence-corrected chi connectivity index (χ0v) is 15.3. The third-order valence-electron chi connectivity index (χ3n) is 3.94. The average Bonchev–Trinajstić information content (AvgIpc) is 3.18. The molecule has 136 valence electrons. The van der Waals surface area contributed by atoms with Gasteiger partial charge in [-0.1, -0.05) is 0 Å². The molecule has 0 aromatic carbocycles. The SMILES string of the molecule is Cc1cc(C)n2nc(C(=O)Nc3cc(-n4nc(C)cc4C)ncn3)nc2n1. The molecule has 10 heteroatoms. The van der Waals surface area contributed by atoms with E-state index in [9.17, 15) is 4.79 Å². The lowest BCUT2D eigenvalue weighted by Gasteiger charge is -2.05. The number of carbonyl (C=O) groups is 1. The molecular weight excluding hydrogens is 346 g/mol. The summed E-state index contributed by atoms with van der Waals surface area (Å²) in [7, 11) is 0. The molecule has 0 radical (unpaired) electrons. The van der Waals surface area contributed by atoms with Crippen LogP contribution in [0.3, 0.4) is 0 Å². The van der Waals surface area contributed by atoms with Gasteiger partial charge < -0.3 is 5.32 Å². The van der Waals surface area contributed by atoms with Crippen molar-refractivity contribution in [2.45, 2.75) is 27.7 Å². The highest BCUT2D eigenvalue weighted by molar-refractivity contribution is 6.01. The fraction of sp³-hybridized carbons (Fsp3) is 0.235.